The van der Waals surface area contributed by atoms with Crippen LogP contribution in [0.25, 0.3) is 0 Å². The summed E-state index contributed by atoms with van der Waals surface area (Å²) in [7, 11) is 0. The van der Waals surface area contributed by atoms with Crippen molar-refractivity contribution in [3.8, 4) is 0 Å². The summed E-state index contributed by atoms with van der Waals surface area (Å²) in [5.74, 6) is -0.394. The first-order valence-electron chi connectivity index (χ1n) is 5.65. The molecule has 17 heavy (non-hydrogen) atoms. The average molecular weight is 236 g/mol. The van der Waals surface area contributed by atoms with E-state index in [9.17, 15) is 4.79 Å². The summed E-state index contributed by atoms with van der Waals surface area (Å²) in [6.07, 6.45) is 3.21. The molecule has 2 heterocycles. The summed E-state index contributed by atoms with van der Waals surface area (Å²) in [6, 6.07) is 0.255. The summed E-state index contributed by atoms with van der Waals surface area (Å²) in [4.78, 5) is 21.2. The summed E-state index contributed by atoms with van der Waals surface area (Å²) in [5.41, 5.74) is 6.48. The van der Waals surface area contributed by atoms with Crippen LogP contribution < -0.4 is 10.6 Å². The van der Waals surface area contributed by atoms with Crippen molar-refractivity contribution < 1.29 is 9.90 Å². The molecule has 0 saturated carbocycles. The molecule has 92 valence electrons. The Balaban J connectivity index is 2.17. The average Bonchev–Trinajstić information content (AvgIpc) is 2.29. The minimum absolute atomic E-state index is 0.155. The number of nitrogens with zero attached hydrogens (tertiary/aromatic N) is 3. The van der Waals surface area contributed by atoms with E-state index in [0.717, 1.165) is 25.9 Å². The van der Waals surface area contributed by atoms with E-state index in [-0.39, 0.29) is 11.6 Å². The number of carboxylic acid groups (broad SMARTS) is 1. The van der Waals surface area contributed by atoms with Crippen molar-refractivity contribution in [3.63, 3.8) is 0 Å². The third-order valence-corrected chi connectivity index (χ3v) is 3.02. The Bertz CT molecular complexity index is 427. The third kappa shape index (κ3) is 2.52. The molecule has 0 amide bonds. The van der Waals surface area contributed by atoms with Crippen molar-refractivity contribution in [2.24, 2.45) is 5.73 Å². The summed E-state index contributed by atoms with van der Waals surface area (Å²) in [6.45, 7) is 3.34. The number of nitrogens with two attached hydrogens (primary N) is 1. The summed E-state index contributed by atoms with van der Waals surface area (Å²) < 4.78 is 0. The predicted molar refractivity (Wildman–Crippen MR) is 63.2 cm³/mol. The highest BCUT2D eigenvalue weighted by Gasteiger charge is 2.19. The van der Waals surface area contributed by atoms with Gasteiger partial charge in [-0.2, -0.15) is 0 Å². The molecule has 0 radical (unpaired) electrons. The Morgan fingerprint density at radius 3 is 2.71 bits per heavy atom. The number of carbonyl (C=O) groups is 1. The van der Waals surface area contributed by atoms with E-state index in [1.807, 2.05) is 4.90 Å². The maximum absolute atomic E-state index is 10.8. The largest absolute Gasteiger partial charge is 0.478 e. The zero-order valence-corrected chi connectivity index (χ0v) is 9.76. The second-order valence-electron chi connectivity index (χ2n) is 4.30. The van der Waals surface area contributed by atoms with Crippen LogP contribution in [0.15, 0.2) is 6.20 Å². The van der Waals surface area contributed by atoms with Gasteiger partial charge in [-0.25, -0.2) is 14.8 Å². The van der Waals surface area contributed by atoms with Crippen LogP contribution in [0.5, 0.6) is 0 Å². The zero-order valence-electron chi connectivity index (χ0n) is 9.76. The van der Waals surface area contributed by atoms with E-state index < -0.39 is 5.97 Å². The van der Waals surface area contributed by atoms with Gasteiger partial charge in [-0.1, -0.05) is 0 Å². The van der Waals surface area contributed by atoms with Crippen LogP contribution in [0.2, 0.25) is 0 Å². The van der Waals surface area contributed by atoms with Crippen molar-refractivity contribution in [1.82, 2.24) is 9.97 Å². The van der Waals surface area contributed by atoms with E-state index in [2.05, 4.69) is 9.97 Å². The van der Waals surface area contributed by atoms with E-state index >= 15 is 0 Å². The van der Waals surface area contributed by atoms with Crippen LogP contribution in [0.3, 0.4) is 0 Å². The van der Waals surface area contributed by atoms with E-state index in [1.54, 1.807) is 6.92 Å². The fourth-order valence-corrected chi connectivity index (χ4v) is 1.92. The molecule has 1 aliphatic rings. The number of aromatic nitrogens is 2. The van der Waals surface area contributed by atoms with Gasteiger partial charge in [0.05, 0.1) is 11.3 Å². The standard InChI is InChI=1S/C11H16N4O2/c1-7-9(10(16)17)6-13-11(14-7)15-4-2-8(12)3-5-15/h6,8H,2-5,12H2,1H3,(H,16,17). The number of aromatic carboxylic acids is 1. The Hall–Kier alpha value is -1.69. The molecule has 1 aromatic rings. The van der Waals surface area contributed by atoms with E-state index in [0.29, 0.717) is 11.6 Å². The highest BCUT2D eigenvalue weighted by atomic mass is 16.4. The quantitative estimate of drug-likeness (QED) is 0.772. The molecular formula is C11H16N4O2. The first kappa shape index (κ1) is 11.8. The molecule has 3 N–H and O–H groups in total. The van der Waals surface area contributed by atoms with Gasteiger partial charge in [0, 0.05) is 25.3 Å². The molecule has 1 aromatic heterocycles. The topological polar surface area (TPSA) is 92.3 Å². The van der Waals surface area contributed by atoms with Crippen LogP contribution in [-0.2, 0) is 0 Å². The Morgan fingerprint density at radius 2 is 2.18 bits per heavy atom. The van der Waals surface area contributed by atoms with Gasteiger partial charge in [0.2, 0.25) is 5.95 Å². The van der Waals surface area contributed by atoms with Crippen molar-refractivity contribution in [2.75, 3.05) is 18.0 Å². The lowest BCUT2D eigenvalue weighted by molar-refractivity contribution is 0.0695. The number of piperidine rings is 1. The Labute approximate surface area is 99.5 Å². The molecule has 0 atom stereocenters. The lowest BCUT2D eigenvalue weighted by Crippen LogP contribution is -2.40. The number of hydrogen-bond acceptors (Lipinski definition) is 5. The highest BCUT2D eigenvalue weighted by molar-refractivity contribution is 5.88. The molecule has 0 bridgehead atoms. The smallest absolute Gasteiger partial charge is 0.339 e. The second-order valence-corrected chi connectivity index (χ2v) is 4.30. The van der Waals surface area contributed by atoms with Crippen LogP contribution in [0, 0.1) is 6.92 Å². The molecule has 6 nitrogen and oxygen atoms in total. The summed E-state index contributed by atoms with van der Waals surface area (Å²) in [5, 5.41) is 8.89. The first-order valence-corrected chi connectivity index (χ1v) is 5.65. The zero-order chi connectivity index (χ0) is 12.4. The first-order chi connectivity index (χ1) is 8.08. The lowest BCUT2D eigenvalue weighted by Gasteiger charge is -2.30. The predicted octanol–water partition coefficient (Wildman–Crippen LogP) is 0.411. The van der Waals surface area contributed by atoms with Crippen LogP contribution in [-0.4, -0.2) is 40.2 Å². The monoisotopic (exact) mass is 236 g/mol. The van der Waals surface area contributed by atoms with Gasteiger partial charge in [0.25, 0.3) is 0 Å². The SMILES string of the molecule is Cc1nc(N2CCC(N)CC2)ncc1C(=O)O. The highest BCUT2D eigenvalue weighted by Crippen LogP contribution is 2.16. The number of carboxylic acids is 1. The van der Waals surface area contributed by atoms with Gasteiger partial charge in [0.1, 0.15) is 0 Å². The third-order valence-electron chi connectivity index (χ3n) is 3.02. The molecular weight excluding hydrogens is 220 g/mol. The van der Waals surface area contributed by atoms with Gasteiger partial charge in [-0.05, 0) is 19.8 Å². The lowest BCUT2D eigenvalue weighted by atomic mass is 10.1. The minimum Gasteiger partial charge on any atom is -0.478 e. The van der Waals surface area contributed by atoms with Gasteiger partial charge >= 0.3 is 5.97 Å². The minimum atomic E-state index is -0.991. The molecule has 0 unspecified atom stereocenters. The van der Waals surface area contributed by atoms with Crippen LogP contribution in [0.1, 0.15) is 28.9 Å². The van der Waals surface area contributed by atoms with Crippen LogP contribution >= 0.6 is 0 Å². The summed E-state index contributed by atoms with van der Waals surface area (Å²) >= 11 is 0. The molecule has 0 spiro atoms. The van der Waals surface area contributed by atoms with E-state index in [1.165, 1.54) is 6.20 Å². The molecule has 0 aromatic carbocycles. The normalized spacial score (nSPS) is 17.2. The maximum Gasteiger partial charge on any atom is 0.339 e. The number of hydrogen-bond donors (Lipinski definition) is 2. The maximum atomic E-state index is 10.8. The molecule has 6 heteroatoms. The fraction of sp³-hybridized carbons (Fsp3) is 0.545. The number of rotatable bonds is 2. The second kappa shape index (κ2) is 4.67. The van der Waals surface area contributed by atoms with Gasteiger partial charge < -0.3 is 15.7 Å². The number of aryl methyl sites for hydroxylation is 1. The van der Waals surface area contributed by atoms with Gasteiger partial charge in [-0.15, -0.1) is 0 Å². The number of anilines is 1. The van der Waals surface area contributed by atoms with Gasteiger partial charge in [-0.3, -0.25) is 0 Å². The van der Waals surface area contributed by atoms with Crippen LogP contribution in [0.4, 0.5) is 5.95 Å². The van der Waals surface area contributed by atoms with Crippen molar-refractivity contribution in [1.29, 1.82) is 0 Å². The molecule has 1 fully saturated rings. The molecule has 2 rings (SSSR count). The van der Waals surface area contributed by atoms with E-state index in [4.69, 9.17) is 10.8 Å². The van der Waals surface area contributed by atoms with Crippen molar-refractivity contribution in [3.05, 3.63) is 17.5 Å². The van der Waals surface area contributed by atoms with Gasteiger partial charge in [0.15, 0.2) is 0 Å². The Kier molecular flexibility index (Phi) is 3.23. The fourth-order valence-electron chi connectivity index (χ4n) is 1.92. The molecule has 0 aliphatic carbocycles. The molecule has 1 aliphatic heterocycles. The van der Waals surface area contributed by atoms with Crippen molar-refractivity contribution in [2.45, 2.75) is 25.8 Å². The Morgan fingerprint density at radius 1 is 1.53 bits per heavy atom. The van der Waals surface area contributed by atoms with Crippen molar-refractivity contribution >= 4 is 11.9 Å². The molecule has 1 saturated heterocycles.